The molecule has 0 saturated heterocycles. The third-order valence-electron chi connectivity index (χ3n) is 4.52. The van der Waals surface area contributed by atoms with Crippen molar-refractivity contribution in [2.24, 2.45) is 0 Å². The molecule has 7 nitrogen and oxygen atoms in total. The van der Waals surface area contributed by atoms with Gasteiger partial charge in [-0.15, -0.1) is 0 Å². The van der Waals surface area contributed by atoms with Crippen LogP contribution < -0.4 is 16.4 Å². The number of nitrogen functional groups attached to an aromatic ring is 1. The second-order valence-corrected chi connectivity index (χ2v) is 6.62. The van der Waals surface area contributed by atoms with Crippen LogP contribution in [-0.2, 0) is 6.54 Å². The van der Waals surface area contributed by atoms with Crippen LogP contribution >= 0.6 is 0 Å². The Morgan fingerprint density at radius 3 is 2.57 bits per heavy atom. The molecular weight excluding hydrogens is 376 g/mol. The number of hydrogen-bond donors (Lipinski definition) is 3. The summed E-state index contributed by atoms with van der Waals surface area (Å²) in [5, 5.41) is 6.10. The van der Waals surface area contributed by atoms with Crippen molar-refractivity contribution in [1.82, 2.24) is 15.0 Å². The molecule has 0 saturated carbocycles. The number of pyridine rings is 1. The van der Waals surface area contributed by atoms with Crippen LogP contribution in [0.5, 0.6) is 0 Å². The highest BCUT2D eigenvalue weighted by atomic mass is 16.1. The van der Waals surface area contributed by atoms with Crippen LogP contribution in [0.3, 0.4) is 0 Å². The molecule has 0 radical (unpaired) electrons. The molecule has 148 valence electrons. The number of carbonyl (C=O) groups excluding carboxylic acids is 1. The Morgan fingerprint density at radius 2 is 1.80 bits per heavy atom. The summed E-state index contributed by atoms with van der Waals surface area (Å²) in [4.78, 5) is 25.1. The predicted octanol–water partition coefficient (Wildman–Crippen LogP) is 3.99. The zero-order chi connectivity index (χ0) is 20.8. The molecule has 0 aliphatic heterocycles. The smallest absolute Gasteiger partial charge is 0.255 e. The fourth-order valence-electron chi connectivity index (χ4n) is 2.90. The Kier molecular flexibility index (Phi) is 5.61. The first-order valence-corrected chi connectivity index (χ1v) is 9.40. The van der Waals surface area contributed by atoms with Crippen LogP contribution in [0.4, 0.5) is 17.2 Å². The fourth-order valence-corrected chi connectivity index (χ4v) is 2.90. The van der Waals surface area contributed by atoms with Crippen molar-refractivity contribution in [1.29, 1.82) is 0 Å². The lowest BCUT2D eigenvalue weighted by atomic mass is 10.1. The topological polar surface area (TPSA) is 106 Å². The second kappa shape index (κ2) is 8.83. The van der Waals surface area contributed by atoms with E-state index < -0.39 is 0 Å². The van der Waals surface area contributed by atoms with Gasteiger partial charge in [-0.05, 0) is 42.0 Å². The maximum absolute atomic E-state index is 12.4. The van der Waals surface area contributed by atoms with Crippen molar-refractivity contribution in [3.63, 3.8) is 0 Å². The summed E-state index contributed by atoms with van der Waals surface area (Å²) in [6, 6.07) is 20.2. The molecule has 1 amide bonds. The van der Waals surface area contributed by atoms with E-state index in [1.165, 1.54) is 6.33 Å². The van der Waals surface area contributed by atoms with Gasteiger partial charge in [0.15, 0.2) is 0 Å². The largest absolute Gasteiger partial charge is 0.397 e. The zero-order valence-electron chi connectivity index (χ0n) is 16.1. The molecule has 0 fully saturated rings. The lowest BCUT2D eigenvalue weighted by Gasteiger charge is -2.09. The summed E-state index contributed by atoms with van der Waals surface area (Å²) >= 11 is 0. The van der Waals surface area contributed by atoms with Crippen molar-refractivity contribution in [3.05, 3.63) is 96.6 Å². The van der Waals surface area contributed by atoms with E-state index in [1.54, 1.807) is 36.7 Å². The number of benzene rings is 2. The molecule has 2 aromatic carbocycles. The van der Waals surface area contributed by atoms with Gasteiger partial charge in [-0.3, -0.25) is 9.78 Å². The van der Waals surface area contributed by atoms with Crippen molar-refractivity contribution < 1.29 is 4.79 Å². The van der Waals surface area contributed by atoms with Gasteiger partial charge in [-0.2, -0.15) is 0 Å². The second-order valence-electron chi connectivity index (χ2n) is 6.62. The van der Waals surface area contributed by atoms with Crippen LogP contribution in [0.1, 0.15) is 15.9 Å². The minimum atomic E-state index is -0.204. The number of rotatable bonds is 6. The number of anilines is 3. The number of nitrogens with two attached hydrogens (primary N) is 1. The van der Waals surface area contributed by atoms with Crippen molar-refractivity contribution in [3.8, 4) is 11.3 Å². The third-order valence-corrected chi connectivity index (χ3v) is 4.52. The quantitative estimate of drug-likeness (QED) is 0.426. The van der Waals surface area contributed by atoms with Crippen LogP contribution in [0.15, 0.2) is 85.5 Å². The van der Waals surface area contributed by atoms with E-state index in [9.17, 15) is 4.79 Å². The zero-order valence-corrected chi connectivity index (χ0v) is 16.1. The maximum Gasteiger partial charge on any atom is 0.255 e. The monoisotopic (exact) mass is 396 g/mol. The molecule has 0 bridgehead atoms. The minimum Gasteiger partial charge on any atom is -0.397 e. The van der Waals surface area contributed by atoms with E-state index in [0.29, 0.717) is 29.3 Å². The summed E-state index contributed by atoms with van der Waals surface area (Å²) < 4.78 is 0. The number of carbonyl (C=O) groups is 1. The van der Waals surface area contributed by atoms with E-state index in [1.807, 2.05) is 42.5 Å². The van der Waals surface area contributed by atoms with Crippen LogP contribution in [-0.4, -0.2) is 20.9 Å². The lowest BCUT2D eigenvalue weighted by molar-refractivity contribution is 0.102. The Balaban J connectivity index is 1.38. The highest BCUT2D eigenvalue weighted by Crippen LogP contribution is 2.19. The van der Waals surface area contributed by atoms with E-state index >= 15 is 0 Å². The van der Waals surface area contributed by atoms with Gasteiger partial charge in [-0.1, -0.05) is 24.3 Å². The van der Waals surface area contributed by atoms with Crippen molar-refractivity contribution >= 4 is 23.1 Å². The van der Waals surface area contributed by atoms with E-state index in [2.05, 4.69) is 25.6 Å². The molecule has 30 heavy (non-hydrogen) atoms. The number of nitrogens with zero attached hydrogens (tertiary/aromatic N) is 3. The molecule has 4 aromatic rings. The van der Waals surface area contributed by atoms with Crippen molar-refractivity contribution in [2.75, 3.05) is 16.4 Å². The third kappa shape index (κ3) is 4.59. The van der Waals surface area contributed by atoms with Gasteiger partial charge in [0.25, 0.3) is 5.91 Å². The molecule has 2 aromatic heterocycles. The summed E-state index contributed by atoms with van der Waals surface area (Å²) in [6.07, 6.45) is 5.01. The van der Waals surface area contributed by atoms with E-state index in [0.717, 1.165) is 16.8 Å². The number of para-hydroxylation sites is 2. The standard InChI is InChI=1S/C23H20N6O/c24-19-5-1-2-6-20(19)29-23(30)17-9-7-16(8-10-17)13-26-22-12-21(27-15-28-22)18-4-3-11-25-14-18/h1-12,14-15H,13,24H2,(H,29,30)(H,26,27,28). The average molecular weight is 396 g/mol. The first-order chi connectivity index (χ1) is 14.7. The Labute approximate surface area is 174 Å². The van der Waals surface area contributed by atoms with Gasteiger partial charge >= 0.3 is 0 Å². The van der Waals surface area contributed by atoms with Gasteiger partial charge in [0, 0.05) is 36.1 Å². The van der Waals surface area contributed by atoms with Crippen LogP contribution in [0, 0.1) is 0 Å². The maximum atomic E-state index is 12.4. The van der Waals surface area contributed by atoms with E-state index in [-0.39, 0.29) is 5.91 Å². The molecule has 0 aliphatic rings. The number of aromatic nitrogens is 3. The van der Waals surface area contributed by atoms with Crippen LogP contribution in [0.25, 0.3) is 11.3 Å². The minimum absolute atomic E-state index is 0.204. The number of nitrogens with one attached hydrogen (secondary N) is 2. The van der Waals surface area contributed by atoms with Gasteiger partial charge in [0.1, 0.15) is 12.1 Å². The van der Waals surface area contributed by atoms with Gasteiger partial charge in [0.05, 0.1) is 17.1 Å². The highest BCUT2D eigenvalue weighted by molar-refractivity contribution is 6.05. The molecule has 0 aliphatic carbocycles. The molecule has 0 unspecified atom stereocenters. The first-order valence-electron chi connectivity index (χ1n) is 9.40. The SMILES string of the molecule is Nc1ccccc1NC(=O)c1ccc(CNc2cc(-c3cccnc3)ncn2)cc1. The van der Waals surface area contributed by atoms with Gasteiger partial charge in [0.2, 0.25) is 0 Å². The molecule has 4 rings (SSSR count). The summed E-state index contributed by atoms with van der Waals surface area (Å²) in [6.45, 7) is 0.566. The molecule has 7 heteroatoms. The Hall–Kier alpha value is -4.26. The normalized spacial score (nSPS) is 10.4. The summed E-state index contributed by atoms with van der Waals surface area (Å²) in [5.41, 5.74) is 10.3. The lowest BCUT2D eigenvalue weighted by Crippen LogP contribution is -2.13. The molecule has 0 atom stereocenters. The Bertz CT molecular complexity index is 1150. The fraction of sp³-hybridized carbons (Fsp3) is 0.0435. The number of hydrogen-bond acceptors (Lipinski definition) is 6. The average Bonchev–Trinajstić information content (AvgIpc) is 2.80. The van der Waals surface area contributed by atoms with Crippen LogP contribution in [0.2, 0.25) is 0 Å². The Morgan fingerprint density at radius 1 is 0.967 bits per heavy atom. The highest BCUT2D eigenvalue weighted by Gasteiger charge is 2.08. The molecule has 2 heterocycles. The summed E-state index contributed by atoms with van der Waals surface area (Å²) in [5.74, 6) is 0.509. The molecule has 0 spiro atoms. The van der Waals surface area contributed by atoms with Gasteiger partial charge < -0.3 is 16.4 Å². The van der Waals surface area contributed by atoms with E-state index in [4.69, 9.17) is 5.73 Å². The first kappa shape index (κ1) is 19.1. The van der Waals surface area contributed by atoms with Gasteiger partial charge in [-0.25, -0.2) is 9.97 Å². The van der Waals surface area contributed by atoms with Crippen molar-refractivity contribution in [2.45, 2.75) is 6.54 Å². The summed E-state index contributed by atoms with van der Waals surface area (Å²) in [7, 11) is 0. The predicted molar refractivity (Wildman–Crippen MR) is 118 cm³/mol. The molecule has 4 N–H and O–H groups in total. The number of amides is 1. The molecular formula is C23H20N6O.